The highest BCUT2D eigenvalue weighted by molar-refractivity contribution is 7.90. The van der Waals surface area contributed by atoms with Crippen molar-refractivity contribution in [3.05, 3.63) is 22.7 Å². The molecule has 22 heavy (non-hydrogen) atoms. The minimum atomic E-state index is -3.98. The van der Waals surface area contributed by atoms with Crippen molar-refractivity contribution in [3.8, 4) is 5.75 Å². The predicted molar refractivity (Wildman–Crippen MR) is 81.6 cm³/mol. The number of nitrogens with one attached hydrogen (secondary N) is 2. The lowest BCUT2D eigenvalue weighted by molar-refractivity contribution is -0.120. The number of rotatable bonds is 4. The van der Waals surface area contributed by atoms with Crippen molar-refractivity contribution in [2.75, 3.05) is 19.7 Å². The fourth-order valence-electron chi connectivity index (χ4n) is 2.83. The van der Waals surface area contributed by atoms with Gasteiger partial charge in [-0.25, -0.2) is 13.1 Å². The highest BCUT2D eigenvalue weighted by Crippen LogP contribution is 2.35. The maximum absolute atomic E-state index is 12.4. The molecule has 0 radical (unpaired) electrons. The second kappa shape index (κ2) is 6.06. The molecule has 6 nitrogen and oxygen atoms in total. The van der Waals surface area contributed by atoms with Gasteiger partial charge in [-0.15, -0.1) is 0 Å². The lowest BCUT2D eigenvalue weighted by Crippen LogP contribution is -2.32. The van der Waals surface area contributed by atoms with Gasteiger partial charge < -0.3 is 10.1 Å². The summed E-state index contributed by atoms with van der Waals surface area (Å²) in [5, 5.41) is 3.46. The van der Waals surface area contributed by atoms with Crippen LogP contribution in [0.1, 0.15) is 18.4 Å². The van der Waals surface area contributed by atoms with Crippen LogP contribution >= 0.6 is 11.6 Å². The second-order valence-corrected chi connectivity index (χ2v) is 7.67. The molecule has 2 N–H and O–H groups in total. The number of carbonyl (C=O) groups is 1. The molecule has 0 aromatic heterocycles. The van der Waals surface area contributed by atoms with Crippen LogP contribution in [0.3, 0.4) is 0 Å². The molecule has 8 heteroatoms. The maximum atomic E-state index is 12.4. The van der Waals surface area contributed by atoms with Crippen LogP contribution in [0.15, 0.2) is 17.0 Å². The van der Waals surface area contributed by atoms with E-state index in [0.717, 1.165) is 25.1 Å². The van der Waals surface area contributed by atoms with Gasteiger partial charge in [0, 0.05) is 23.4 Å². The van der Waals surface area contributed by atoms with Gasteiger partial charge in [0.2, 0.25) is 5.91 Å². The van der Waals surface area contributed by atoms with Crippen LogP contribution < -0.4 is 14.8 Å². The summed E-state index contributed by atoms with van der Waals surface area (Å²) in [5.41, 5.74) is 0.750. The molecule has 3 rings (SSSR count). The number of ether oxygens (including phenoxy) is 1. The summed E-state index contributed by atoms with van der Waals surface area (Å²) < 4.78 is 32.4. The Bertz CT molecular complexity index is 699. The quantitative estimate of drug-likeness (QED) is 0.853. The number of hydrogen-bond acceptors (Lipinski definition) is 5. The first kappa shape index (κ1) is 15.6. The molecule has 0 spiro atoms. The Morgan fingerprint density at radius 2 is 2.27 bits per heavy atom. The number of hydrogen-bond donors (Lipinski definition) is 2. The standard InChI is InChI=1S/C14H17ClN2O4S/c15-11-6-10-2-4-21-14(10)12(7-11)22(19,20)17-13(18)5-9-1-3-16-8-9/h6-7,9,16H,1-5,8H2,(H,17,18)/t9-/m1/s1. The molecule has 1 amide bonds. The highest BCUT2D eigenvalue weighted by atomic mass is 35.5. The number of benzene rings is 1. The van der Waals surface area contributed by atoms with Crippen molar-refractivity contribution in [3.63, 3.8) is 0 Å². The van der Waals surface area contributed by atoms with Crippen LogP contribution in [0.2, 0.25) is 5.02 Å². The number of fused-ring (bicyclic) bond motifs is 1. The monoisotopic (exact) mass is 344 g/mol. The molecule has 0 bridgehead atoms. The number of halogens is 1. The molecule has 1 aromatic carbocycles. The molecule has 0 aliphatic carbocycles. The van der Waals surface area contributed by atoms with E-state index in [1.807, 2.05) is 0 Å². The van der Waals surface area contributed by atoms with Gasteiger partial charge in [0.05, 0.1) is 6.61 Å². The third kappa shape index (κ3) is 3.21. The molecule has 0 saturated carbocycles. The SMILES string of the molecule is O=C(C[C@H]1CCNC1)NS(=O)(=O)c1cc(Cl)cc2c1OCC2. The van der Waals surface area contributed by atoms with Crippen LogP contribution in [-0.4, -0.2) is 34.0 Å². The Hall–Kier alpha value is -1.31. The Morgan fingerprint density at radius 1 is 1.45 bits per heavy atom. The van der Waals surface area contributed by atoms with Crippen LogP contribution in [0.25, 0.3) is 0 Å². The lowest BCUT2D eigenvalue weighted by atomic mass is 10.1. The maximum Gasteiger partial charge on any atom is 0.267 e. The molecule has 1 atom stereocenters. The zero-order valence-electron chi connectivity index (χ0n) is 11.9. The van der Waals surface area contributed by atoms with E-state index in [1.165, 1.54) is 6.07 Å². The van der Waals surface area contributed by atoms with Crippen molar-refractivity contribution in [2.45, 2.75) is 24.2 Å². The Morgan fingerprint density at radius 3 is 3.00 bits per heavy atom. The van der Waals surface area contributed by atoms with E-state index in [0.29, 0.717) is 23.8 Å². The number of amides is 1. The fourth-order valence-corrected chi connectivity index (χ4v) is 4.35. The predicted octanol–water partition coefficient (Wildman–Crippen LogP) is 1.08. The van der Waals surface area contributed by atoms with E-state index >= 15 is 0 Å². The zero-order valence-corrected chi connectivity index (χ0v) is 13.5. The summed E-state index contributed by atoms with van der Waals surface area (Å²) in [4.78, 5) is 11.9. The minimum Gasteiger partial charge on any atom is -0.492 e. The van der Waals surface area contributed by atoms with Crippen molar-refractivity contribution < 1.29 is 17.9 Å². The van der Waals surface area contributed by atoms with E-state index < -0.39 is 15.9 Å². The van der Waals surface area contributed by atoms with Crippen molar-refractivity contribution in [1.29, 1.82) is 0 Å². The van der Waals surface area contributed by atoms with Gasteiger partial charge in [-0.1, -0.05) is 11.6 Å². The first-order valence-corrected chi connectivity index (χ1v) is 9.03. The van der Waals surface area contributed by atoms with Crippen LogP contribution in [-0.2, 0) is 21.2 Å². The van der Waals surface area contributed by atoms with E-state index in [2.05, 4.69) is 10.0 Å². The van der Waals surface area contributed by atoms with E-state index in [9.17, 15) is 13.2 Å². The molecule has 2 aliphatic rings. The van der Waals surface area contributed by atoms with Crippen LogP contribution in [0.5, 0.6) is 5.75 Å². The minimum absolute atomic E-state index is 0.0644. The summed E-state index contributed by atoms with van der Waals surface area (Å²) in [7, 11) is -3.98. The van der Waals surface area contributed by atoms with Crippen LogP contribution in [0, 0.1) is 5.92 Å². The average Bonchev–Trinajstić information content (AvgIpc) is 3.07. The largest absolute Gasteiger partial charge is 0.492 e. The summed E-state index contributed by atoms with van der Waals surface area (Å²) in [5.74, 6) is -0.0239. The highest BCUT2D eigenvalue weighted by Gasteiger charge is 2.29. The van der Waals surface area contributed by atoms with E-state index in [4.69, 9.17) is 16.3 Å². The molecule has 0 unspecified atom stereocenters. The first-order valence-electron chi connectivity index (χ1n) is 7.17. The summed E-state index contributed by atoms with van der Waals surface area (Å²) >= 11 is 5.97. The third-order valence-corrected chi connectivity index (χ3v) is 5.49. The third-order valence-electron chi connectivity index (χ3n) is 3.89. The van der Waals surface area contributed by atoms with Crippen molar-refractivity contribution >= 4 is 27.5 Å². The van der Waals surface area contributed by atoms with Gasteiger partial charge >= 0.3 is 0 Å². The molecule has 1 saturated heterocycles. The fraction of sp³-hybridized carbons (Fsp3) is 0.500. The van der Waals surface area contributed by atoms with Gasteiger partial charge in [0.1, 0.15) is 10.6 Å². The van der Waals surface area contributed by atoms with Crippen molar-refractivity contribution in [2.24, 2.45) is 5.92 Å². The summed E-state index contributed by atoms with van der Waals surface area (Å²) in [6, 6.07) is 3.01. The van der Waals surface area contributed by atoms with Gasteiger partial charge in [0.15, 0.2) is 0 Å². The Labute approximate surface area is 134 Å². The first-order chi connectivity index (χ1) is 10.5. The molecular formula is C14H17ClN2O4S. The van der Waals surface area contributed by atoms with Crippen LogP contribution in [0.4, 0.5) is 0 Å². The number of sulfonamides is 1. The topological polar surface area (TPSA) is 84.5 Å². The van der Waals surface area contributed by atoms with Gasteiger partial charge in [-0.3, -0.25) is 4.79 Å². The second-order valence-electron chi connectivity index (χ2n) is 5.58. The summed E-state index contributed by atoms with van der Waals surface area (Å²) in [6.07, 6.45) is 1.68. The Balaban J connectivity index is 1.79. The van der Waals surface area contributed by atoms with Gasteiger partial charge in [-0.05, 0) is 37.6 Å². The van der Waals surface area contributed by atoms with E-state index in [1.54, 1.807) is 6.07 Å². The summed E-state index contributed by atoms with van der Waals surface area (Å²) in [6.45, 7) is 2.02. The average molecular weight is 345 g/mol. The molecule has 1 fully saturated rings. The molecule has 1 aromatic rings. The molecule has 2 heterocycles. The molecule has 2 aliphatic heterocycles. The van der Waals surface area contributed by atoms with E-state index in [-0.39, 0.29) is 17.2 Å². The molecule has 120 valence electrons. The zero-order chi connectivity index (χ0) is 15.7. The van der Waals surface area contributed by atoms with Gasteiger partial charge in [-0.2, -0.15) is 0 Å². The van der Waals surface area contributed by atoms with Gasteiger partial charge in [0.25, 0.3) is 10.0 Å². The van der Waals surface area contributed by atoms with Crippen molar-refractivity contribution in [1.82, 2.24) is 10.0 Å². The number of carbonyl (C=O) groups excluding carboxylic acids is 1. The lowest BCUT2D eigenvalue weighted by Gasteiger charge is -2.12. The Kier molecular flexibility index (Phi) is 4.29. The molecular weight excluding hydrogens is 328 g/mol. The smallest absolute Gasteiger partial charge is 0.267 e. The normalized spacial score (nSPS) is 20.5.